The minimum absolute atomic E-state index is 0.164. The van der Waals surface area contributed by atoms with Gasteiger partial charge in [-0.3, -0.25) is 0 Å². The molecule has 2 heteroatoms. The lowest BCUT2D eigenvalue weighted by Gasteiger charge is -2.18. The molecular formula is C12H16N2. The molecule has 14 heavy (non-hydrogen) atoms. The van der Waals surface area contributed by atoms with E-state index in [1.165, 1.54) is 0 Å². The van der Waals surface area contributed by atoms with E-state index in [4.69, 9.17) is 11.0 Å². The van der Waals surface area contributed by atoms with Crippen LogP contribution in [0.25, 0.3) is 0 Å². The Balaban J connectivity index is 2.73. The predicted molar refractivity (Wildman–Crippen MR) is 57.7 cm³/mol. The van der Waals surface area contributed by atoms with E-state index in [0.29, 0.717) is 0 Å². The minimum Gasteiger partial charge on any atom is -0.326 e. The number of rotatable bonds is 3. The Bertz CT molecular complexity index is 342. The van der Waals surface area contributed by atoms with Crippen molar-refractivity contribution in [2.75, 3.05) is 0 Å². The number of nitrogens with two attached hydrogens (primary N) is 1. The number of nitrogens with zero attached hydrogens (tertiary/aromatic N) is 1. The van der Waals surface area contributed by atoms with Crippen LogP contribution in [-0.4, -0.2) is 5.54 Å². The summed E-state index contributed by atoms with van der Waals surface area (Å²) in [7, 11) is 0. The fourth-order valence-corrected chi connectivity index (χ4v) is 1.30. The monoisotopic (exact) mass is 188 g/mol. The van der Waals surface area contributed by atoms with Gasteiger partial charge >= 0.3 is 0 Å². The van der Waals surface area contributed by atoms with E-state index < -0.39 is 0 Å². The summed E-state index contributed by atoms with van der Waals surface area (Å²) in [6, 6.07) is 9.87. The highest BCUT2D eigenvalue weighted by molar-refractivity contribution is 5.37. The fourth-order valence-electron chi connectivity index (χ4n) is 1.30. The van der Waals surface area contributed by atoms with Crippen molar-refractivity contribution < 1.29 is 0 Å². The van der Waals surface area contributed by atoms with Gasteiger partial charge in [0.1, 0.15) is 0 Å². The van der Waals surface area contributed by atoms with Crippen molar-refractivity contribution in [3.05, 3.63) is 35.4 Å². The average Bonchev–Trinajstić information content (AvgIpc) is 2.14. The molecule has 0 aromatic heterocycles. The van der Waals surface area contributed by atoms with Crippen LogP contribution in [0.2, 0.25) is 0 Å². The zero-order chi connectivity index (χ0) is 10.6. The van der Waals surface area contributed by atoms with Crippen LogP contribution in [0, 0.1) is 11.3 Å². The maximum atomic E-state index is 8.87. The van der Waals surface area contributed by atoms with Crippen molar-refractivity contribution in [2.45, 2.75) is 32.2 Å². The van der Waals surface area contributed by atoms with Crippen molar-refractivity contribution in [2.24, 2.45) is 5.73 Å². The van der Waals surface area contributed by atoms with Crippen LogP contribution in [0.3, 0.4) is 0 Å². The van der Waals surface area contributed by atoms with Gasteiger partial charge in [-0.25, -0.2) is 0 Å². The number of nitriles is 1. The van der Waals surface area contributed by atoms with E-state index >= 15 is 0 Å². The second kappa shape index (κ2) is 4.26. The summed E-state index contributed by atoms with van der Waals surface area (Å²) >= 11 is 0. The van der Waals surface area contributed by atoms with Gasteiger partial charge in [-0.1, -0.05) is 18.2 Å². The third-order valence-electron chi connectivity index (χ3n) is 2.18. The molecule has 0 fully saturated rings. The first-order chi connectivity index (χ1) is 6.53. The lowest BCUT2D eigenvalue weighted by molar-refractivity contribution is 0.476. The molecule has 0 radical (unpaired) electrons. The van der Waals surface area contributed by atoms with Gasteiger partial charge < -0.3 is 5.73 Å². The molecule has 2 N–H and O–H groups in total. The molecule has 1 aromatic rings. The van der Waals surface area contributed by atoms with Crippen LogP contribution in [0.4, 0.5) is 0 Å². The molecule has 1 aromatic carbocycles. The largest absolute Gasteiger partial charge is 0.326 e. The molecule has 0 aliphatic rings. The predicted octanol–water partition coefficient (Wildman–Crippen LogP) is 2.23. The topological polar surface area (TPSA) is 49.8 Å². The first-order valence-corrected chi connectivity index (χ1v) is 4.80. The molecule has 0 spiro atoms. The minimum atomic E-state index is -0.164. The number of hydrogen-bond acceptors (Lipinski definition) is 2. The summed E-state index contributed by atoms with van der Waals surface area (Å²) < 4.78 is 0. The molecule has 0 bridgehead atoms. The van der Waals surface area contributed by atoms with Gasteiger partial charge in [0.05, 0.1) is 11.6 Å². The van der Waals surface area contributed by atoms with Gasteiger partial charge in [-0.2, -0.15) is 5.26 Å². The molecule has 1 rings (SSSR count). The Morgan fingerprint density at radius 3 is 2.57 bits per heavy atom. The molecule has 0 atom stereocenters. The smallest absolute Gasteiger partial charge is 0.0994 e. The molecule has 0 saturated heterocycles. The van der Waals surface area contributed by atoms with E-state index in [9.17, 15) is 0 Å². The first kappa shape index (κ1) is 10.7. The maximum absolute atomic E-state index is 8.87. The SMILES string of the molecule is CC(C)(N)CCc1ccccc1C#N. The normalized spacial score (nSPS) is 11.0. The molecule has 0 unspecified atom stereocenters. The number of aryl methyl sites for hydroxylation is 1. The van der Waals surface area contributed by atoms with Gasteiger partial charge in [0.25, 0.3) is 0 Å². The van der Waals surface area contributed by atoms with E-state index in [-0.39, 0.29) is 5.54 Å². The van der Waals surface area contributed by atoms with Crippen molar-refractivity contribution >= 4 is 0 Å². The molecule has 0 heterocycles. The lowest BCUT2D eigenvalue weighted by Crippen LogP contribution is -2.32. The average molecular weight is 188 g/mol. The maximum Gasteiger partial charge on any atom is 0.0994 e. The summed E-state index contributed by atoms with van der Waals surface area (Å²) in [5.74, 6) is 0. The van der Waals surface area contributed by atoms with Crippen molar-refractivity contribution in [1.29, 1.82) is 5.26 Å². The summed E-state index contributed by atoms with van der Waals surface area (Å²) in [4.78, 5) is 0. The molecule has 0 saturated carbocycles. The zero-order valence-electron chi connectivity index (χ0n) is 8.75. The van der Waals surface area contributed by atoms with Crippen molar-refractivity contribution in [3.8, 4) is 6.07 Å². The van der Waals surface area contributed by atoms with Gasteiger partial charge in [-0.15, -0.1) is 0 Å². The van der Waals surface area contributed by atoms with Gasteiger partial charge in [-0.05, 0) is 38.3 Å². The van der Waals surface area contributed by atoms with Crippen molar-refractivity contribution in [1.82, 2.24) is 0 Å². The van der Waals surface area contributed by atoms with E-state index in [0.717, 1.165) is 24.0 Å². The van der Waals surface area contributed by atoms with E-state index in [1.54, 1.807) is 0 Å². The van der Waals surface area contributed by atoms with Crippen LogP contribution in [0.1, 0.15) is 31.4 Å². The molecular weight excluding hydrogens is 172 g/mol. The zero-order valence-corrected chi connectivity index (χ0v) is 8.75. The molecule has 0 aliphatic heterocycles. The molecule has 0 amide bonds. The second-order valence-corrected chi connectivity index (χ2v) is 4.26. The van der Waals surface area contributed by atoms with E-state index in [2.05, 4.69) is 6.07 Å². The molecule has 0 aliphatic carbocycles. The standard InChI is InChI=1S/C12H16N2/c1-12(2,14)8-7-10-5-3-4-6-11(10)9-13/h3-6H,7-8,14H2,1-2H3. The number of hydrogen-bond donors (Lipinski definition) is 1. The van der Waals surface area contributed by atoms with Gasteiger partial charge in [0, 0.05) is 5.54 Å². The summed E-state index contributed by atoms with van der Waals surface area (Å²) in [5.41, 5.74) is 7.58. The summed E-state index contributed by atoms with van der Waals surface area (Å²) in [5, 5.41) is 8.87. The highest BCUT2D eigenvalue weighted by Gasteiger charge is 2.11. The van der Waals surface area contributed by atoms with Gasteiger partial charge in [0.2, 0.25) is 0 Å². The second-order valence-electron chi connectivity index (χ2n) is 4.26. The van der Waals surface area contributed by atoms with Crippen LogP contribution in [0.15, 0.2) is 24.3 Å². The van der Waals surface area contributed by atoms with Crippen molar-refractivity contribution in [3.63, 3.8) is 0 Å². The van der Waals surface area contributed by atoms with E-state index in [1.807, 2.05) is 38.1 Å². The third kappa shape index (κ3) is 3.20. The highest BCUT2D eigenvalue weighted by Crippen LogP contribution is 2.14. The van der Waals surface area contributed by atoms with Crippen LogP contribution in [-0.2, 0) is 6.42 Å². The summed E-state index contributed by atoms with van der Waals surface area (Å²) in [6.45, 7) is 4.00. The Labute approximate surface area is 85.4 Å². The third-order valence-corrected chi connectivity index (χ3v) is 2.18. The summed E-state index contributed by atoms with van der Waals surface area (Å²) in [6.07, 6.45) is 1.76. The van der Waals surface area contributed by atoms with Crippen LogP contribution < -0.4 is 5.73 Å². The lowest BCUT2D eigenvalue weighted by atomic mass is 9.94. The Kier molecular flexibility index (Phi) is 3.27. The number of benzene rings is 1. The fraction of sp³-hybridized carbons (Fsp3) is 0.417. The Morgan fingerprint density at radius 1 is 1.36 bits per heavy atom. The Hall–Kier alpha value is -1.33. The first-order valence-electron chi connectivity index (χ1n) is 4.80. The molecule has 2 nitrogen and oxygen atoms in total. The van der Waals surface area contributed by atoms with Crippen LogP contribution in [0.5, 0.6) is 0 Å². The highest BCUT2D eigenvalue weighted by atomic mass is 14.7. The van der Waals surface area contributed by atoms with Gasteiger partial charge in [0.15, 0.2) is 0 Å². The van der Waals surface area contributed by atoms with Crippen LogP contribution >= 0.6 is 0 Å². The molecule has 74 valence electrons. The quantitative estimate of drug-likeness (QED) is 0.790. The Morgan fingerprint density at radius 2 is 2.00 bits per heavy atom.